The first-order valence-corrected chi connectivity index (χ1v) is 17.5. The Kier molecular flexibility index (Phi) is 10.5. The fourth-order valence-electron chi connectivity index (χ4n) is 7.33. The minimum atomic E-state index is -1.09. The van der Waals surface area contributed by atoms with Gasteiger partial charge in [-0.15, -0.1) is 5.10 Å². The summed E-state index contributed by atoms with van der Waals surface area (Å²) in [5, 5.41) is 34.4. The SMILES string of the molecule is CCNC(=O)c1ccc2c(c1)CCc1cc(C(=O)NCC)ccc1C2(C[C@@H](NCC(=O)N(C(C)C#N)C1CC1)c1ccc(F)cc1)c1nnn[nH]1. The Morgan fingerprint density at radius 1 is 0.961 bits per heavy atom. The summed E-state index contributed by atoms with van der Waals surface area (Å²) in [5.41, 5.74) is 4.19. The van der Waals surface area contributed by atoms with Gasteiger partial charge in [0.2, 0.25) is 5.91 Å². The van der Waals surface area contributed by atoms with E-state index in [2.05, 4.69) is 42.6 Å². The van der Waals surface area contributed by atoms with Crippen LogP contribution in [-0.2, 0) is 23.1 Å². The second-order valence-corrected chi connectivity index (χ2v) is 13.1. The van der Waals surface area contributed by atoms with Gasteiger partial charge in [-0.2, -0.15) is 5.26 Å². The van der Waals surface area contributed by atoms with E-state index in [4.69, 9.17) is 0 Å². The third kappa shape index (κ3) is 7.23. The van der Waals surface area contributed by atoms with E-state index in [0.29, 0.717) is 42.9 Å². The average molecular weight is 692 g/mol. The number of fused-ring (bicyclic) bond motifs is 2. The average Bonchev–Trinajstić information content (AvgIpc) is 3.84. The molecule has 2 aliphatic carbocycles. The Hall–Kier alpha value is -5.48. The summed E-state index contributed by atoms with van der Waals surface area (Å²) in [6.45, 7) is 6.35. The fourth-order valence-corrected chi connectivity index (χ4v) is 7.33. The molecular weight excluding hydrogens is 649 g/mol. The van der Waals surface area contributed by atoms with Gasteiger partial charge in [0.25, 0.3) is 11.8 Å². The lowest BCUT2D eigenvalue weighted by molar-refractivity contribution is -0.132. The number of hydrogen-bond donors (Lipinski definition) is 4. The molecule has 6 rings (SSSR count). The number of nitriles is 1. The number of amides is 3. The molecule has 4 aromatic rings. The third-order valence-corrected chi connectivity index (χ3v) is 9.86. The number of aryl methyl sites for hydroxylation is 2. The number of tetrazole rings is 1. The Balaban J connectivity index is 1.52. The largest absolute Gasteiger partial charge is 0.352 e. The molecule has 12 nitrogen and oxygen atoms in total. The van der Waals surface area contributed by atoms with Gasteiger partial charge in [0.15, 0.2) is 5.82 Å². The predicted octanol–water partition coefficient (Wildman–Crippen LogP) is 3.90. The number of aromatic nitrogens is 4. The third-order valence-electron chi connectivity index (χ3n) is 9.86. The number of rotatable bonds is 13. The molecule has 1 heterocycles. The summed E-state index contributed by atoms with van der Waals surface area (Å²) in [6, 6.07) is 18.5. The van der Waals surface area contributed by atoms with Crippen molar-refractivity contribution >= 4 is 17.7 Å². The van der Waals surface area contributed by atoms with Gasteiger partial charge in [-0.1, -0.05) is 24.3 Å². The van der Waals surface area contributed by atoms with Crippen LogP contribution < -0.4 is 16.0 Å². The van der Waals surface area contributed by atoms with E-state index in [1.807, 2.05) is 38.1 Å². The molecule has 2 aliphatic rings. The van der Waals surface area contributed by atoms with Gasteiger partial charge in [-0.25, -0.2) is 9.49 Å². The van der Waals surface area contributed by atoms with Crippen LogP contribution >= 0.6 is 0 Å². The van der Waals surface area contributed by atoms with E-state index in [0.717, 1.165) is 40.7 Å². The van der Waals surface area contributed by atoms with Gasteiger partial charge in [-0.05, 0) is 128 Å². The summed E-state index contributed by atoms with van der Waals surface area (Å²) in [7, 11) is 0. The molecule has 0 aliphatic heterocycles. The monoisotopic (exact) mass is 691 g/mol. The maximum absolute atomic E-state index is 14.3. The van der Waals surface area contributed by atoms with Gasteiger partial charge < -0.3 is 20.9 Å². The molecule has 1 unspecified atom stereocenters. The Morgan fingerprint density at radius 2 is 1.55 bits per heavy atom. The van der Waals surface area contributed by atoms with Crippen molar-refractivity contribution in [3.05, 3.63) is 111 Å². The zero-order valence-corrected chi connectivity index (χ0v) is 29.0. The first kappa shape index (κ1) is 35.3. The molecule has 1 saturated carbocycles. The number of carbonyl (C=O) groups is 3. The molecule has 0 saturated heterocycles. The van der Waals surface area contributed by atoms with Crippen LogP contribution in [0.25, 0.3) is 0 Å². The molecule has 1 fully saturated rings. The van der Waals surface area contributed by atoms with Crippen LogP contribution in [0.4, 0.5) is 4.39 Å². The van der Waals surface area contributed by atoms with Crippen LogP contribution in [0.5, 0.6) is 0 Å². The normalized spacial score (nSPS) is 15.7. The number of benzene rings is 3. The maximum atomic E-state index is 14.3. The van der Waals surface area contributed by atoms with Crippen molar-refractivity contribution in [2.45, 2.75) is 76.4 Å². The van der Waals surface area contributed by atoms with E-state index >= 15 is 0 Å². The molecule has 1 aromatic heterocycles. The van der Waals surface area contributed by atoms with Crippen LogP contribution in [0.2, 0.25) is 0 Å². The van der Waals surface area contributed by atoms with Crippen molar-refractivity contribution in [3.8, 4) is 6.07 Å². The standard InChI is InChI=1S/C38H42FN9O3/c1-4-41-35(50)27-10-16-31-25(18-27)6-7-26-19-28(36(51)42-5-2)11-17-32(26)38(31,37-44-46-47-45-37)20-33(24-8-12-29(39)13-9-24)43-22-34(49)48(23(3)21-40)30-14-15-30/h8-13,16-19,23,30,33,43H,4-7,14-15,20,22H2,1-3H3,(H,41,50)(H,42,51)(H,44,45,46,47)/t23?,33-/m1/s1. The van der Waals surface area contributed by atoms with Gasteiger partial charge in [-0.3, -0.25) is 14.4 Å². The molecular formula is C38H42FN9O3. The maximum Gasteiger partial charge on any atom is 0.251 e. The number of nitrogens with zero attached hydrogens (tertiary/aromatic N) is 5. The minimum Gasteiger partial charge on any atom is -0.352 e. The highest BCUT2D eigenvalue weighted by atomic mass is 19.1. The van der Waals surface area contributed by atoms with Crippen LogP contribution in [0, 0.1) is 17.1 Å². The predicted molar refractivity (Wildman–Crippen MR) is 187 cm³/mol. The second-order valence-electron chi connectivity index (χ2n) is 13.1. The summed E-state index contributed by atoms with van der Waals surface area (Å²) >= 11 is 0. The highest BCUT2D eigenvalue weighted by molar-refractivity contribution is 5.95. The summed E-state index contributed by atoms with van der Waals surface area (Å²) in [6.07, 6.45) is 3.09. The lowest BCUT2D eigenvalue weighted by Gasteiger charge is -2.38. The first-order valence-electron chi connectivity index (χ1n) is 17.5. The molecule has 0 radical (unpaired) electrons. The number of hydrogen-bond acceptors (Lipinski definition) is 8. The summed E-state index contributed by atoms with van der Waals surface area (Å²) < 4.78 is 14.3. The zero-order valence-electron chi connectivity index (χ0n) is 29.0. The van der Waals surface area contributed by atoms with Crippen LogP contribution in [-0.4, -0.2) is 75.0 Å². The van der Waals surface area contributed by atoms with Crippen molar-refractivity contribution in [2.75, 3.05) is 19.6 Å². The zero-order chi connectivity index (χ0) is 36.1. The smallest absolute Gasteiger partial charge is 0.251 e. The Bertz CT molecular complexity index is 1870. The lowest BCUT2D eigenvalue weighted by atomic mass is 9.67. The molecule has 0 spiro atoms. The van der Waals surface area contributed by atoms with Crippen molar-refractivity contribution in [3.63, 3.8) is 0 Å². The van der Waals surface area contributed by atoms with E-state index in [9.17, 15) is 24.0 Å². The van der Waals surface area contributed by atoms with Crippen LogP contribution in [0.1, 0.15) is 100 Å². The minimum absolute atomic E-state index is 0.0312. The van der Waals surface area contributed by atoms with Crippen LogP contribution in [0.3, 0.4) is 0 Å². The quantitative estimate of drug-likeness (QED) is 0.164. The topological polar surface area (TPSA) is 169 Å². The Morgan fingerprint density at radius 3 is 2.04 bits per heavy atom. The molecule has 264 valence electrons. The van der Waals surface area contributed by atoms with Crippen molar-refractivity contribution in [1.82, 2.24) is 41.5 Å². The van der Waals surface area contributed by atoms with E-state index < -0.39 is 23.3 Å². The summed E-state index contributed by atoms with van der Waals surface area (Å²) in [4.78, 5) is 41.4. The fraction of sp³-hybridized carbons (Fsp3) is 0.395. The highest BCUT2D eigenvalue weighted by Crippen LogP contribution is 2.49. The Labute approximate surface area is 296 Å². The molecule has 13 heteroatoms. The number of H-pyrrole nitrogens is 1. The van der Waals surface area contributed by atoms with Gasteiger partial charge in [0, 0.05) is 36.3 Å². The highest BCUT2D eigenvalue weighted by Gasteiger charge is 2.46. The second kappa shape index (κ2) is 15.2. The van der Waals surface area contributed by atoms with E-state index in [-0.39, 0.29) is 36.7 Å². The van der Waals surface area contributed by atoms with Gasteiger partial charge in [0.05, 0.1) is 18.0 Å². The number of aromatic amines is 1. The van der Waals surface area contributed by atoms with E-state index in [1.165, 1.54) is 12.1 Å². The van der Waals surface area contributed by atoms with Crippen molar-refractivity contribution in [1.29, 1.82) is 5.26 Å². The van der Waals surface area contributed by atoms with E-state index in [1.54, 1.807) is 36.1 Å². The van der Waals surface area contributed by atoms with Gasteiger partial charge in [0.1, 0.15) is 11.9 Å². The van der Waals surface area contributed by atoms with Gasteiger partial charge >= 0.3 is 0 Å². The molecule has 3 amide bonds. The molecule has 0 bridgehead atoms. The molecule has 4 N–H and O–H groups in total. The van der Waals surface area contributed by atoms with Crippen molar-refractivity contribution in [2.24, 2.45) is 0 Å². The number of halogens is 1. The molecule has 51 heavy (non-hydrogen) atoms. The lowest BCUT2D eigenvalue weighted by Crippen LogP contribution is -2.46. The molecule has 2 atom stereocenters. The summed E-state index contributed by atoms with van der Waals surface area (Å²) in [5.74, 6) is -0.547. The number of carbonyl (C=O) groups excluding carboxylic acids is 3. The number of nitrogens with one attached hydrogen (secondary N) is 4. The molecule has 3 aromatic carbocycles. The first-order chi connectivity index (χ1) is 24.7. The van der Waals surface area contributed by atoms with Crippen molar-refractivity contribution < 1.29 is 18.8 Å². The van der Waals surface area contributed by atoms with Crippen LogP contribution in [0.15, 0.2) is 60.7 Å².